The Balaban J connectivity index is 0.000000194. The molecule has 4 heterocycles. The van der Waals surface area contributed by atoms with Crippen LogP contribution in [0.3, 0.4) is 0 Å². The molecule has 11 nitrogen and oxygen atoms in total. The van der Waals surface area contributed by atoms with Crippen LogP contribution in [0.5, 0.6) is 0 Å². The van der Waals surface area contributed by atoms with Gasteiger partial charge in [-0.05, 0) is 73.6 Å². The van der Waals surface area contributed by atoms with Crippen LogP contribution in [0, 0.1) is 6.92 Å². The Morgan fingerprint density at radius 2 is 1.81 bits per heavy atom. The first-order valence-electron chi connectivity index (χ1n) is 15.5. The van der Waals surface area contributed by atoms with Gasteiger partial charge in [0, 0.05) is 49.2 Å². The fourth-order valence-corrected chi connectivity index (χ4v) is 6.21. The molecule has 2 bridgehead atoms. The topological polar surface area (TPSA) is 139 Å². The van der Waals surface area contributed by atoms with Gasteiger partial charge >= 0.3 is 0 Å². The number of aromatic nitrogens is 4. The molecule has 1 saturated heterocycles. The number of carbonyl (C=O) groups excluding carboxylic acids is 3. The van der Waals surface area contributed by atoms with E-state index in [-0.39, 0.29) is 18.0 Å². The van der Waals surface area contributed by atoms with Crippen molar-refractivity contribution in [3.63, 3.8) is 0 Å². The fourth-order valence-electron chi connectivity index (χ4n) is 6.21. The average molecular weight is 633 g/mol. The molecule has 0 radical (unpaired) electrons. The van der Waals surface area contributed by atoms with Crippen LogP contribution in [0.1, 0.15) is 50.1 Å². The first kappa shape index (κ1) is 32.8. The minimum atomic E-state index is 0.151. The summed E-state index contributed by atoms with van der Waals surface area (Å²) in [5.74, 6) is 2.04. The van der Waals surface area contributed by atoms with Gasteiger partial charge in [-0.15, -0.1) is 0 Å². The van der Waals surface area contributed by atoms with Crippen molar-refractivity contribution in [1.82, 2.24) is 24.6 Å². The van der Waals surface area contributed by atoms with E-state index >= 15 is 0 Å². The molecule has 242 valence electrons. The van der Waals surface area contributed by atoms with Gasteiger partial charge < -0.3 is 20.9 Å². The number of rotatable bonds is 9. The molecule has 47 heavy (non-hydrogen) atoms. The van der Waals surface area contributed by atoms with E-state index in [1.807, 2.05) is 84.6 Å². The maximum Gasteiger partial charge on any atom is 0.228 e. The van der Waals surface area contributed by atoms with Crippen LogP contribution in [0.2, 0.25) is 0 Å². The highest BCUT2D eigenvalue weighted by atomic mass is 16.2. The maximum atomic E-state index is 11.9. The van der Waals surface area contributed by atoms with E-state index in [0.717, 1.165) is 53.5 Å². The summed E-state index contributed by atoms with van der Waals surface area (Å²) in [6.07, 6.45) is 10.2. The summed E-state index contributed by atoms with van der Waals surface area (Å²) < 4.78 is 1.72. The number of hydrogen-bond donors (Lipinski definition) is 2. The lowest BCUT2D eigenvalue weighted by Gasteiger charge is -2.33. The van der Waals surface area contributed by atoms with Gasteiger partial charge in [0.15, 0.2) is 0 Å². The van der Waals surface area contributed by atoms with Crippen LogP contribution >= 0.6 is 0 Å². The minimum Gasteiger partial charge on any atom is -0.383 e. The second-order valence-electron chi connectivity index (χ2n) is 11.8. The molecule has 0 saturated carbocycles. The molecule has 1 fully saturated rings. The van der Waals surface area contributed by atoms with Crippen LogP contribution in [0.4, 0.5) is 17.5 Å². The summed E-state index contributed by atoms with van der Waals surface area (Å²) in [5.41, 5.74) is 12.7. The van der Waals surface area contributed by atoms with Crippen LogP contribution in [0.15, 0.2) is 84.7 Å². The largest absolute Gasteiger partial charge is 0.383 e. The van der Waals surface area contributed by atoms with Crippen molar-refractivity contribution in [2.45, 2.75) is 58.7 Å². The molecule has 2 aromatic carbocycles. The first-order valence-corrected chi connectivity index (χ1v) is 15.5. The number of benzene rings is 2. The van der Waals surface area contributed by atoms with Crippen LogP contribution in [-0.2, 0) is 28.0 Å². The number of nitrogen functional groups attached to an aromatic ring is 1. The standard InChI is InChI=1S/C21H22N4O2.C15H18N4O/c1-13(27)25-18-6-7-19(25)9-15(8-18)16-10-20(21(22)23-11-16)14-2-4-17(5-3-14)24-12-26;1-12(11-20)9-19(10-14-7-5-4-6-8-14)15-16-13(2)17-18(15)3/h2-5,8,10-12,18-19H,6-7,9H2,1H3,(H2,22,23)(H,24,26);4-9,11H,10H2,1-3H3/b;12-9-. The van der Waals surface area contributed by atoms with Crippen molar-refractivity contribution in [2.24, 2.45) is 7.05 Å². The number of nitrogens with two attached hydrogens (primary N) is 1. The number of pyridine rings is 1. The number of amides is 2. The lowest BCUT2D eigenvalue weighted by molar-refractivity contribution is -0.131. The second kappa shape index (κ2) is 14.7. The number of aryl methyl sites for hydroxylation is 2. The molecule has 2 amide bonds. The van der Waals surface area contributed by atoms with Gasteiger partial charge in [-0.25, -0.2) is 9.67 Å². The normalized spacial score (nSPS) is 16.9. The summed E-state index contributed by atoms with van der Waals surface area (Å²) in [4.78, 5) is 46.1. The number of anilines is 3. The predicted octanol–water partition coefficient (Wildman–Crippen LogP) is 5.30. The summed E-state index contributed by atoms with van der Waals surface area (Å²) in [6.45, 7) is 5.91. The zero-order chi connectivity index (χ0) is 33.5. The van der Waals surface area contributed by atoms with E-state index in [9.17, 15) is 14.4 Å². The monoisotopic (exact) mass is 632 g/mol. The summed E-state index contributed by atoms with van der Waals surface area (Å²) in [5, 5.41) is 6.88. The Kier molecular flexibility index (Phi) is 10.2. The number of nitrogens with one attached hydrogen (secondary N) is 1. The SMILES string of the molecule is C/C(C=O)=C/N(Cc1ccccc1)c1nc(C)nn1C.CC(=O)N1C2C=C(c3cnc(N)c(-c4ccc(NC=O)cc4)c3)CC1CC2. The van der Waals surface area contributed by atoms with E-state index in [0.29, 0.717) is 36.1 Å². The molecule has 2 aliphatic rings. The predicted molar refractivity (Wildman–Crippen MR) is 184 cm³/mol. The van der Waals surface area contributed by atoms with Crippen molar-refractivity contribution >= 4 is 41.6 Å². The summed E-state index contributed by atoms with van der Waals surface area (Å²) in [6, 6.07) is 20.1. The van der Waals surface area contributed by atoms with Gasteiger partial charge in [0.05, 0.1) is 12.6 Å². The number of carbonyl (C=O) groups is 3. The molecule has 2 aliphatic heterocycles. The molecule has 2 aromatic heterocycles. The Labute approximate surface area is 274 Å². The van der Waals surface area contributed by atoms with E-state index in [1.165, 1.54) is 5.57 Å². The molecule has 0 aliphatic carbocycles. The van der Waals surface area contributed by atoms with Crippen molar-refractivity contribution in [3.05, 3.63) is 102 Å². The Morgan fingerprint density at radius 1 is 1.06 bits per heavy atom. The number of aldehydes is 1. The lowest BCUT2D eigenvalue weighted by atomic mass is 9.93. The first-order chi connectivity index (χ1) is 22.7. The fraction of sp³-hybridized carbons (Fsp3) is 0.278. The zero-order valence-corrected chi connectivity index (χ0v) is 27.1. The van der Waals surface area contributed by atoms with Gasteiger partial charge in [0.1, 0.15) is 17.9 Å². The van der Waals surface area contributed by atoms with Crippen molar-refractivity contribution in [2.75, 3.05) is 16.0 Å². The molecule has 3 N–H and O–H groups in total. The molecule has 11 heteroatoms. The second-order valence-corrected chi connectivity index (χ2v) is 11.8. The van der Waals surface area contributed by atoms with Gasteiger partial charge in [-0.2, -0.15) is 10.1 Å². The van der Waals surface area contributed by atoms with Crippen LogP contribution in [-0.4, -0.2) is 55.3 Å². The van der Waals surface area contributed by atoms with E-state index < -0.39 is 0 Å². The van der Waals surface area contributed by atoms with Crippen LogP contribution < -0.4 is 16.0 Å². The van der Waals surface area contributed by atoms with E-state index in [4.69, 9.17) is 5.73 Å². The van der Waals surface area contributed by atoms with Crippen molar-refractivity contribution < 1.29 is 14.4 Å². The summed E-state index contributed by atoms with van der Waals surface area (Å²) >= 11 is 0. The van der Waals surface area contributed by atoms with Gasteiger partial charge in [0.2, 0.25) is 18.3 Å². The molecular weight excluding hydrogens is 592 g/mol. The quantitative estimate of drug-likeness (QED) is 0.187. The molecule has 2 unspecified atom stereocenters. The van der Waals surface area contributed by atoms with Crippen LogP contribution in [0.25, 0.3) is 16.7 Å². The smallest absolute Gasteiger partial charge is 0.228 e. The number of hydrogen-bond acceptors (Lipinski definition) is 8. The number of nitrogens with zero attached hydrogens (tertiary/aromatic N) is 6. The molecule has 0 spiro atoms. The van der Waals surface area contributed by atoms with E-state index in [1.54, 1.807) is 24.7 Å². The molecule has 4 aromatic rings. The maximum absolute atomic E-state index is 11.9. The van der Waals surface area contributed by atoms with Gasteiger partial charge in [-0.1, -0.05) is 48.5 Å². The number of allylic oxidation sites excluding steroid dienone is 1. The third kappa shape index (κ3) is 7.81. The highest BCUT2D eigenvalue weighted by Crippen LogP contribution is 2.39. The zero-order valence-electron chi connectivity index (χ0n) is 27.1. The minimum absolute atomic E-state index is 0.151. The average Bonchev–Trinajstić information content (AvgIpc) is 3.55. The molecule has 2 atom stereocenters. The highest BCUT2D eigenvalue weighted by Gasteiger charge is 2.38. The summed E-state index contributed by atoms with van der Waals surface area (Å²) in [7, 11) is 1.84. The number of fused-ring (bicyclic) bond motifs is 2. The highest BCUT2D eigenvalue weighted by molar-refractivity contribution is 5.82. The lowest BCUT2D eigenvalue weighted by Crippen LogP contribution is -2.41. The van der Waals surface area contributed by atoms with Gasteiger partial charge in [0.25, 0.3) is 0 Å². The van der Waals surface area contributed by atoms with Crippen molar-refractivity contribution in [1.29, 1.82) is 0 Å². The molecule has 6 rings (SSSR count). The Bertz CT molecular complexity index is 1800. The Hall–Kier alpha value is -5.58. The third-order valence-corrected chi connectivity index (χ3v) is 8.31. The van der Waals surface area contributed by atoms with E-state index in [2.05, 4.69) is 32.5 Å². The van der Waals surface area contributed by atoms with Gasteiger partial charge in [-0.3, -0.25) is 14.4 Å². The Morgan fingerprint density at radius 3 is 2.43 bits per heavy atom. The third-order valence-electron chi connectivity index (χ3n) is 8.31. The molecular formula is C36H40N8O3. The van der Waals surface area contributed by atoms with Crippen molar-refractivity contribution in [3.8, 4) is 11.1 Å².